The van der Waals surface area contributed by atoms with Gasteiger partial charge in [0.1, 0.15) is 0 Å². The van der Waals surface area contributed by atoms with E-state index in [0.29, 0.717) is 0 Å². The summed E-state index contributed by atoms with van der Waals surface area (Å²) in [5.41, 5.74) is 5.88. The van der Waals surface area contributed by atoms with E-state index < -0.39 is 6.04 Å². The number of nitrogens with two attached hydrogens (primary N) is 1. The molecule has 0 aromatic rings. The van der Waals surface area contributed by atoms with Crippen LogP contribution in [-0.4, -0.2) is 56.2 Å². The zero-order valence-electron chi connectivity index (χ0n) is 13.5. The smallest absolute Gasteiger partial charge is 0.236 e. The number of morpholine rings is 1. The fourth-order valence-corrected chi connectivity index (χ4v) is 3.36. The van der Waals surface area contributed by atoms with Crippen LogP contribution in [0.15, 0.2) is 0 Å². The second kappa shape index (κ2) is 10.7. The lowest BCUT2D eigenvalue weighted by atomic mass is 9.73. The first-order valence-electron chi connectivity index (χ1n) is 7.95. The van der Waals surface area contributed by atoms with Gasteiger partial charge >= 0.3 is 0 Å². The van der Waals surface area contributed by atoms with Gasteiger partial charge in [0.2, 0.25) is 5.91 Å². The highest BCUT2D eigenvalue weighted by molar-refractivity contribution is 5.85. The molecule has 1 atom stereocenters. The first-order chi connectivity index (χ1) is 9.61. The summed E-state index contributed by atoms with van der Waals surface area (Å²) in [6.07, 6.45) is 6.30. The molecule has 22 heavy (non-hydrogen) atoms. The van der Waals surface area contributed by atoms with Crippen LogP contribution in [0.5, 0.6) is 0 Å². The van der Waals surface area contributed by atoms with Crippen LogP contribution in [0.3, 0.4) is 0 Å². The second-order valence-electron chi connectivity index (χ2n) is 6.46. The number of ether oxygens (including phenoxy) is 1. The lowest BCUT2D eigenvalue weighted by Gasteiger charge is -2.42. The maximum absolute atomic E-state index is 11.8. The summed E-state index contributed by atoms with van der Waals surface area (Å²) in [4.78, 5) is 14.2. The molecule has 1 heterocycles. The molecular weight excluding hydrogens is 325 g/mol. The van der Waals surface area contributed by atoms with Gasteiger partial charge in [-0.2, -0.15) is 0 Å². The molecule has 2 fully saturated rings. The number of halogens is 2. The summed E-state index contributed by atoms with van der Waals surface area (Å²) >= 11 is 0. The average Bonchev–Trinajstić information content (AvgIpc) is 2.47. The zero-order chi connectivity index (χ0) is 14.4. The van der Waals surface area contributed by atoms with Gasteiger partial charge < -0.3 is 15.8 Å². The van der Waals surface area contributed by atoms with Crippen molar-refractivity contribution >= 4 is 30.7 Å². The van der Waals surface area contributed by atoms with Gasteiger partial charge in [-0.1, -0.05) is 19.3 Å². The molecule has 1 amide bonds. The Balaban J connectivity index is 0.00000220. The van der Waals surface area contributed by atoms with E-state index in [1.165, 1.54) is 32.1 Å². The quantitative estimate of drug-likeness (QED) is 0.785. The lowest BCUT2D eigenvalue weighted by molar-refractivity contribution is -0.122. The van der Waals surface area contributed by atoms with Crippen molar-refractivity contribution in [2.75, 3.05) is 39.4 Å². The molecule has 0 aromatic carbocycles. The molecule has 0 radical (unpaired) electrons. The average molecular weight is 356 g/mol. The maximum Gasteiger partial charge on any atom is 0.236 e. The van der Waals surface area contributed by atoms with Crippen molar-refractivity contribution in [2.24, 2.45) is 11.1 Å². The van der Waals surface area contributed by atoms with E-state index in [0.717, 1.165) is 39.4 Å². The molecule has 5 nitrogen and oxygen atoms in total. The molecule has 0 unspecified atom stereocenters. The summed E-state index contributed by atoms with van der Waals surface area (Å²) < 4.78 is 5.42. The van der Waals surface area contributed by atoms with Crippen LogP contribution in [0.25, 0.3) is 0 Å². The fraction of sp³-hybridized carbons (Fsp3) is 0.933. The molecule has 0 aromatic heterocycles. The van der Waals surface area contributed by atoms with Gasteiger partial charge in [0.15, 0.2) is 0 Å². The molecule has 2 rings (SSSR count). The Morgan fingerprint density at radius 1 is 1.23 bits per heavy atom. The summed E-state index contributed by atoms with van der Waals surface area (Å²) in [6.45, 7) is 7.29. The number of rotatable bonds is 5. The monoisotopic (exact) mass is 355 g/mol. The molecule has 0 spiro atoms. The molecule has 1 aliphatic carbocycles. The normalized spacial score (nSPS) is 22.8. The molecular formula is C15H31Cl2N3O2. The van der Waals surface area contributed by atoms with Crippen molar-refractivity contribution in [1.82, 2.24) is 10.2 Å². The van der Waals surface area contributed by atoms with E-state index in [1.54, 1.807) is 6.92 Å². The Hall–Kier alpha value is -0.0700. The predicted octanol–water partition coefficient (Wildman–Crippen LogP) is 1.58. The Morgan fingerprint density at radius 2 is 1.82 bits per heavy atom. The lowest BCUT2D eigenvalue weighted by Crippen LogP contribution is -2.51. The largest absolute Gasteiger partial charge is 0.379 e. The van der Waals surface area contributed by atoms with Crippen LogP contribution in [0.4, 0.5) is 0 Å². The highest BCUT2D eigenvalue weighted by Crippen LogP contribution is 2.36. The van der Waals surface area contributed by atoms with Crippen molar-refractivity contribution in [3.63, 3.8) is 0 Å². The van der Waals surface area contributed by atoms with Crippen molar-refractivity contribution < 1.29 is 9.53 Å². The first-order valence-corrected chi connectivity index (χ1v) is 7.95. The van der Waals surface area contributed by atoms with Crippen LogP contribution < -0.4 is 11.1 Å². The number of carbonyl (C=O) groups is 1. The first kappa shape index (κ1) is 21.9. The van der Waals surface area contributed by atoms with Gasteiger partial charge in [-0.15, -0.1) is 24.8 Å². The van der Waals surface area contributed by atoms with Crippen LogP contribution in [0, 0.1) is 5.41 Å². The standard InChI is InChI=1S/C15H29N3O2.2ClH/c1-13(16)14(19)17-11-15(5-3-2-4-6-15)12-18-7-9-20-10-8-18;;/h13H,2-12,16H2,1H3,(H,17,19);2*1H/t13-;;/m1../s1. The van der Waals surface area contributed by atoms with E-state index in [4.69, 9.17) is 10.5 Å². The van der Waals surface area contributed by atoms with Gasteiger partial charge in [0.25, 0.3) is 0 Å². The molecule has 3 N–H and O–H groups in total. The third-order valence-electron chi connectivity index (χ3n) is 4.63. The van der Waals surface area contributed by atoms with E-state index in [1.807, 2.05) is 0 Å². The SMILES string of the molecule is C[C@@H](N)C(=O)NCC1(CN2CCOCC2)CCCCC1.Cl.Cl. The highest BCUT2D eigenvalue weighted by atomic mass is 35.5. The summed E-state index contributed by atoms with van der Waals surface area (Å²) in [7, 11) is 0. The number of amides is 1. The van der Waals surface area contributed by atoms with E-state index in [-0.39, 0.29) is 36.1 Å². The highest BCUT2D eigenvalue weighted by Gasteiger charge is 2.34. The van der Waals surface area contributed by atoms with Crippen molar-refractivity contribution in [1.29, 1.82) is 0 Å². The summed E-state index contributed by atoms with van der Waals surface area (Å²) in [5, 5.41) is 3.06. The molecule has 1 saturated carbocycles. The molecule has 1 aliphatic heterocycles. The van der Waals surface area contributed by atoms with Crippen molar-refractivity contribution in [2.45, 2.75) is 45.1 Å². The number of nitrogens with zero attached hydrogens (tertiary/aromatic N) is 1. The minimum atomic E-state index is -0.418. The van der Waals surface area contributed by atoms with E-state index in [2.05, 4.69) is 10.2 Å². The second-order valence-corrected chi connectivity index (χ2v) is 6.46. The Bertz CT molecular complexity index is 318. The molecule has 0 bridgehead atoms. The van der Waals surface area contributed by atoms with Crippen LogP contribution in [0.2, 0.25) is 0 Å². The molecule has 7 heteroatoms. The van der Waals surface area contributed by atoms with Gasteiger partial charge in [0.05, 0.1) is 19.3 Å². The third-order valence-corrected chi connectivity index (χ3v) is 4.63. The van der Waals surface area contributed by atoms with Gasteiger partial charge in [-0.05, 0) is 19.8 Å². The molecule has 132 valence electrons. The van der Waals surface area contributed by atoms with E-state index in [9.17, 15) is 4.79 Å². The Kier molecular flexibility index (Phi) is 10.6. The number of carbonyl (C=O) groups excluding carboxylic acids is 1. The Labute approximate surface area is 146 Å². The Morgan fingerprint density at radius 3 is 2.36 bits per heavy atom. The molecule has 2 aliphatic rings. The maximum atomic E-state index is 11.8. The van der Waals surface area contributed by atoms with Crippen LogP contribution in [-0.2, 0) is 9.53 Å². The van der Waals surface area contributed by atoms with Crippen molar-refractivity contribution in [3.8, 4) is 0 Å². The van der Waals surface area contributed by atoms with Gasteiger partial charge in [0, 0.05) is 31.6 Å². The fourth-order valence-electron chi connectivity index (χ4n) is 3.36. The minimum absolute atomic E-state index is 0. The van der Waals surface area contributed by atoms with Gasteiger partial charge in [-0.3, -0.25) is 9.69 Å². The van der Waals surface area contributed by atoms with Gasteiger partial charge in [-0.25, -0.2) is 0 Å². The van der Waals surface area contributed by atoms with Crippen LogP contribution >= 0.6 is 24.8 Å². The van der Waals surface area contributed by atoms with E-state index >= 15 is 0 Å². The number of nitrogens with one attached hydrogen (secondary N) is 1. The van der Waals surface area contributed by atoms with Crippen LogP contribution in [0.1, 0.15) is 39.0 Å². The number of hydrogen-bond donors (Lipinski definition) is 2. The minimum Gasteiger partial charge on any atom is -0.379 e. The predicted molar refractivity (Wildman–Crippen MR) is 93.9 cm³/mol. The number of hydrogen-bond acceptors (Lipinski definition) is 4. The molecule has 1 saturated heterocycles. The summed E-state index contributed by atoms with van der Waals surface area (Å²) in [5.74, 6) is -0.0306. The summed E-state index contributed by atoms with van der Waals surface area (Å²) in [6, 6.07) is -0.418. The zero-order valence-corrected chi connectivity index (χ0v) is 15.1. The topological polar surface area (TPSA) is 67.6 Å². The van der Waals surface area contributed by atoms with Crippen molar-refractivity contribution in [3.05, 3.63) is 0 Å². The third kappa shape index (κ3) is 6.59.